The molecule has 0 aliphatic heterocycles. The fourth-order valence-electron chi connectivity index (χ4n) is 3.64. The molecule has 0 fully saturated rings. The van der Waals surface area contributed by atoms with Crippen molar-refractivity contribution in [3.05, 3.63) is 65.7 Å². The highest BCUT2D eigenvalue weighted by Gasteiger charge is 2.19. The van der Waals surface area contributed by atoms with Crippen LogP contribution in [-0.4, -0.2) is 30.7 Å². The number of nitrogens with zero attached hydrogens (tertiary/aromatic N) is 4. The van der Waals surface area contributed by atoms with Crippen molar-refractivity contribution in [2.75, 3.05) is 31.4 Å². The molecule has 0 aliphatic rings. The molecular formula is C28H26N6O3. The van der Waals surface area contributed by atoms with E-state index in [4.69, 9.17) is 19.5 Å². The number of hydrogen-bond donors (Lipinski definition) is 2. The summed E-state index contributed by atoms with van der Waals surface area (Å²) in [6.45, 7) is 4.91. The molecule has 2 N–H and O–H groups in total. The van der Waals surface area contributed by atoms with Crippen LogP contribution in [0.5, 0.6) is 23.1 Å². The number of hydrogen-bond acceptors (Lipinski definition) is 9. The largest absolute Gasteiger partial charge is 0.493 e. The Bertz CT molecular complexity index is 1500. The average Bonchev–Trinajstić information content (AvgIpc) is 2.91. The van der Waals surface area contributed by atoms with Crippen molar-refractivity contribution >= 4 is 28.2 Å². The van der Waals surface area contributed by atoms with E-state index < -0.39 is 0 Å². The Hall–Kier alpha value is -5.02. The minimum atomic E-state index is 0.266. The van der Waals surface area contributed by atoms with E-state index in [1.165, 1.54) is 7.11 Å². The van der Waals surface area contributed by atoms with Crippen LogP contribution < -0.4 is 24.8 Å². The number of nitriles is 2. The molecule has 0 atom stereocenters. The van der Waals surface area contributed by atoms with E-state index in [0.29, 0.717) is 52.6 Å². The molecule has 3 aromatic carbocycles. The first-order valence-corrected chi connectivity index (χ1v) is 11.6. The van der Waals surface area contributed by atoms with Crippen molar-refractivity contribution in [2.45, 2.75) is 13.8 Å². The van der Waals surface area contributed by atoms with E-state index in [9.17, 15) is 5.26 Å². The number of benzene rings is 3. The topological polar surface area (TPSA) is 125 Å². The van der Waals surface area contributed by atoms with Gasteiger partial charge in [-0.25, -0.2) is 0 Å². The highest BCUT2D eigenvalue weighted by Crippen LogP contribution is 2.45. The van der Waals surface area contributed by atoms with Crippen molar-refractivity contribution in [3.8, 4) is 35.3 Å². The molecule has 0 unspecified atom stereocenters. The Morgan fingerprint density at radius 1 is 0.865 bits per heavy atom. The van der Waals surface area contributed by atoms with Crippen molar-refractivity contribution in [1.29, 1.82) is 10.5 Å². The summed E-state index contributed by atoms with van der Waals surface area (Å²) in [6.07, 6.45) is 0. The molecule has 0 saturated carbocycles. The lowest BCUT2D eigenvalue weighted by Crippen LogP contribution is -2.11. The maximum Gasteiger partial charge on any atom is 0.232 e. The summed E-state index contributed by atoms with van der Waals surface area (Å²) in [5, 5.41) is 26.4. The number of methoxy groups -OCH3 is 2. The van der Waals surface area contributed by atoms with Crippen molar-refractivity contribution in [1.82, 2.24) is 9.97 Å². The second-order valence-corrected chi connectivity index (χ2v) is 8.59. The Balaban J connectivity index is 1.76. The highest BCUT2D eigenvalue weighted by molar-refractivity contribution is 5.94. The lowest BCUT2D eigenvalue weighted by atomic mass is 10.1. The SMILES string of the molecule is COc1cc2cc(C#N)ccc2c(OC)c1Oc1cc(NCC(C)C)nc(Nc2ccc(C#N)cc2)n1. The predicted molar refractivity (Wildman–Crippen MR) is 142 cm³/mol. The van der Waals surface area contributed by atoms with Crippen LogP contribution >= 0.6 is 0 Å². The van der Waals surface area contributed by atoms with Crippen LogP contribution in [0.2, 0.25) is 0 Å². The van der Waals surface area contributed by atoms with Gasteiger partial charge in [0.25, 0.3) is 0 Å². The van der Waals surface area contributed by atoms with E-state index in [1.807, 2.05) is 6.07 Å². The molecule has 9 nitrogen and oxygen atoms in total. The fourth-order valence-corrected chi connectivity index (χ4v) is 3.64. The monoisotopic (exact) mass is 494 g/mol. The minimum Gasteiger partial charge on any atom is -0.493 e. The van der Waals surface area contributed by atoms with Gasteiger partial charge < -0.3 is 24.8 Å². The predicted octanol–water partition coefficient (Wildman–Crippen LogP) is 5.99. The number of fused-ring (bicyclic) bond motifs is 1. The molecule has 0 spiro atoms. The van der Waals surface area contributed by atoms with Crippen LogP contribution in [-0.2, 0) is 0 Å². The maximum absolute atomic E-state index is 9.28. The van der Waals surface area contributed by atoms with Gasteiger partial charge in [0.1, 0.15) is 5.82 Å². The zero-order valence-electron chi connectivity index (χ0n) is 21.0. The second-order valence-electron chi connectivity index (χ2n) is 8.59. The normalized spacial score (nSPS) is 10.5. The molecule has 4 aromatic rings. The van der Waals surface area contributed by atoms with Crippen LogP contribution in [0.1, 0.15) is 25.0 Å². The molecule has 9 heteroatoms. The third-order valence-electron chi connectivity index (χ3n) is 5.44. The Kier molecular flexibility index (Phi) is 7.56. The third kappa shape index (κ3) is 5.80. The smallest absolute Gasteiger partial charge is 0.232 e. The van der Waals surface area contributed by atoms with Crippen molar-refractivity contribution in [2.24, 2.45) is 5.92 Å². The van der Waals surface area contributed by atoms with Gasteiger partial charge in [0.05, 0.1) is 37.5 Å². The standard InChI is InChI=1S/C28H26N6O3/c1-17(2)16-31-24-13-25(34-28(33-24)32-21-8-5-18(14-29)6-9-21)37-27-23(35-3)12-20-11-19(15-30)7-10-22(20)26(27)36-4/h5-13,17H,16H2,1-4H3,(H2,31,32,33,34). The quantitative estimate of drug-likeness (QED) is 0.288. The molecule has 0 aliphatic carbocycles. The van der Waals surface area contributed by atoms with Gasteiger partial charge in [-0.15, -0.1) is 0 Å². The van der Waals surface area contributed by atoms with Gasteiger partial charge in [-0.2, -0.15) is 20.5 Å². The van der Waals surface area contributed by atoms with Crippen LogP contribution in [0.15, 0.2) is 54.6 Å². The number of nitrogens with one attached hydrogen (secondary N) is 2. The lowest BCUT2D eigenvalue weighted by Gasteiger charge is -2.17. The average molecular weight is 495 g/mol. The molecule has 1 aromatic heterocycles. The van der Waals surface area contributed by atoms with Crippen LogP contribution in [0.3, 0.4) is 0 Å². The second kappa shape index (κ2) is 11.1. The van der Waals surface area contributed by atoms with E-state index in [-0.39, 0.29) is 5.88 Å². The minimum absolute atomic E-state index is 0.266. The molecule has 0 bridgehead atoms. The first kappa shape index (κ1) is 25.1. The number of anilines is 3. The number of aromatic nitrogens is 2. The summed E-state index contributed by atoms with van der Waals surface area (Å²) in [5.74, 6) is 2.78. The summed E-state index contributed by atoms with van der Waals surface area (Å²) in [6, 6.07) is 20.0. The number of rotatable bonds is 9. The highest BCUT2D eigenvalue weighted by atomic mass is 16.5. The molecule has 0 radical (unpaired) electrons. The van der Waals surface area contributed by atoms with Gasteiger partial charge in [0, 0.05) is 23.7 Å². The van der Waals surface area contributed by atoms with Crippen LogP contribution in [0.25, 0.3) is 10.8 Å². The number of ether oxygens (including phenoxy) is 3. The maximum atomic E-state index is 9.28. The first-order chi connectivity index (χ1) is 17.9. The van der Waals surface area contributed by atoms with Gasteiger partial charge in [-0.05, 0) is 59.8 Å². The molecule has 4 rings (SSSR count). The summed E-state index contributed by atoms with van der Waals surface area (Å²) in [4.78, 5) is 9.12. The van der Waals surface area contributed by atoms with E-state index in [1.54, 1.807) is 55.6 Å². The summed E-state index contributed by atoms with van der Waals surface area (Å²) in [7, 11) is 3.09. The summed E-state index contributed by atoms with van der Waals surface area (Å²) < 4.78 is 17.6. The zero-order chi connectivity index (χ0) is 26.4. The molecule has 37 heavy (non-hydrogen) atoms. The van der Waals surface area contributed by atoms with Gasteiger partial charge in [0.2, 0.25) is 17.6 Å². The van der Waals surface area contributed by atoms with Crippen LogP contribution in [0.4, 0.5) is 17.5 Å². The van der Waals surface area contributed by atoms with Crippen molar-refractivity contribution < 1.29 is 14.2 Å². The van der Waals surface area contributed by atoms with Gasteiger partial charge in [-0.1, -0.05) is 13.8 Å². The molecule has 1 heterocycles. The van der Waals surface area contributed by atoms with E-state index >= 15 is 0 Å². The third-order valence-corrected chi connectivity index (χ3v) is 5.44. The van der Waals surface area contributed by atoms with E-state index in [2.05, 4.69) is 46.6 Å². The Morgan fingerprint density at radius 3 is 2.24 bits per heavy atom. The Labute approximate surface area is 215 Å². The molecule has 0 amide bonds. The van der Waals surface area contributed by atoms with Crippen LogP contribution in [0, 0.1) is 28.6 Å². The first-order valence-electron chi connectivity index (χ1n) is 11.6. The zero-order valence-corrected chi connectivity index (χ0v) is 21.0. The summed E-state index contributed by atoms with van der Waals surface area (Å²) in [5.41, 5.74) is 1.81. The molecule has 186 valence electrons. The van der Waals surface area contributed by atoms with E-state index in [0.717, 1.165) is 16.5 Å². The lowest BCUT2D eigenvalue weighted by molar-refractivity contribution is 0.345. The molecular weight excluding hydrogens is 468 g/mol. The fraction of sp³-hybridized carbons (Fsp3) is 0.214. The Morgan fingerprint density at radius 2 is 1.59 bits per heavy atom. The van der Waals surface area contributed by atoms with Gasteiger partial charge in [-0.3, -0.25) is 0 Å². The van der Waals surface area contributed by atoms with Gasteiger partial charge in [0.15, 0.2) is 11.5 Å². The molecule has 0 saturated heterocycles. The van der Waals surface area contributed by atoms with Crippen molar-refractivity contribution in [3.63, 3.8) is 0 Å². The van der Waals surface area contributed by atoms with Gasteiger partial charge >= 0.3 is 0 Å². The summed E-state index contributed by atoms with van der Waals surface area (Å²) >= 11 is 0.